The molecule has 0 saturated heterocycles. The van der Waals surface area contributed by atoms with E-state index in [-0.39, 0.29) is 6.10 Å². The minimum Gasteiger partial charge on any atom is -0.393 e. The summed E-state index contributed by atoms with van der Waals surface area (Å²) in [6.45, 7) is 4.32. The summed E-state index contributed by atoms with van der Waals surface area (Å²) >= 11 is 0. The molecule has 3 N–H and O–H groups in total. The summed E-state index contributed by atoms with van der Waals surface area (Å²) in [5.41, 5.74) is 9.03. The standard InChI is InChI=1S/C34H46N4O/c1-2-3-22-13-29-32(14-22)37-20-30(33(29)38-27-5-7-28(39)8-6-27)31-9-4-23(19-36-31)18-35-21-34-15-24-10-25(16-34)12-26(11-24)17-34/h4,9,13,19-20,24-28,35,39H,2-3,5-8,10-12,14-18,21H2,1H3,(H,37,38). The second kappa shape index (κ2) is 10.6. The van der Waals surface area contributed by atoms with Crippen LogP contribution < -0.4 is 10.6 Å². The minimum absolute atomic E-state index is 0.146. The molecule has 39 heavy (non-hydrogen) atoms. The average molecular weight is 527 g/mol. The van der Waals surface area contributed by atoms with Gasteiger partial charge in [0.25, 0.3) is 0 Å². The zero-order valence-corrected chi connectivity index (χ0v) is 23.7. The molecule has 0 aromatic carbocycles. The SMILES string of the molecule is CCCC1=Cc2c(ncc(-c3ccc(CNCC45CC6CC(CC(C6)C4)C5)cn3)c2NC2CCC(O)CC2)C1. The lowest BCUT2D eigenvalue weighted by molar-refractivity contribution is -0.0514. The van der Waals surface area contributed by atoms with Crippen LogP contribution in [0.5, 0.6) is 0 Å². The van der Waals surface area contributed by atoms with E-state index >= 15 is 0 Å². The molecule has 2 heterocycles. The molecule has 0 amide bonds. The van der Waals surface area contributed by atoms with Gasteiger partial charge in [0.1, 0.15) is 0 Å². The van der Waals surface area contributed by atoms with E-state index in [0.29, 0.717) is 11.5 Å². The highest BCUT2D eigenvalue weighted by Gasteiger charge is 2.50. The third-order valence-electron chi connectivity index (χ3n) is 10.7. The average Bonchev–Trinajstić information content (AvgIpc) is 3.33. The number of fused-ring (bicyclic) bond motifs is 1. The molecule has 8 rings (SSSR count). The van der Waals surface area contributed by atoms with Crippen LogP contribution in [0, 0.1) is 23.2 Å². The quantitative estimate of drug-likeness (QED) is 0.331. The number of hydrogen-bond acceptors (Lipinski definition) is 5. The fourth-order valence-corrected chi connectivity index (χ4v) is 9.26. The molecule has 0 radical (unpaired) electrons. The van der Waals surface area contributed by atoms with Gasteiger partial charge in [0, 0.05) is 49.1 Å². The maximum atomic E-state index is 10.0. The first-order valence-electron chi connectivity index (χ1n) is 15.9. The number of hydrogen-bond donors (Lipinski definition) is 3. The van der Waals surface area contributed by atoms with Gasteiger partial charge >= 0.3 is 0 Å². The third kappa shape index (κ3) is 5.29. The van der Waals surface area contributed by atoms with E-state index in [9.17, 15) is 5.11 Å². The molecule has 0 aliphatic heterocycles. The number of nitrogens with one attached hydrogen (secondary N) is 2. The van der Waals surface area contributed by atoms with Crippen LogP contribution in [0.2, 0.25) is 0 Å². The summed E-state index contributed by atoms with van der Waals surface area (Å²) in [5.74, 6) is 3.03. The van der Waals surface area contributed by atoms with Crippen LogP contribution >= 0.6 is 0 Å². The van der Waals surface area contributed by atoms with Crippen molar-refractivity contribution in [2.45, 2.75) is 109 Å². The molecule has 5 heteroatoms. The Bertz CT molecular complexity index is 1180. The Kier molecular flexibility index (Phi) is 7.01. The smallest absolute Gasteiger partial charge is 0.0738 e. The third-order valence-corrected chi connectivity index (χ3v) is 10.7. The van der Waals surface area contributed by atoms with Crippen molar-refractivity contribution in [2.24, 2.45) is 23.2 Å². The fourth-order valence-electron chi connectivity index (χ4n) is 9.26. The van der Waals surface area contributed by atoms with Gasteiger partial charge in [-0.05, 0) is 105 Å². The maximum absolute atomic E-state index is 10.0. The minimum atomic E-state index is -0.146. The van der Waals surface area contributed by atoms with Crippen molar-refractivity contribution in [1.29, 1.82) is 0 Å². The summed E-state index contributed by atoms with van der Waals surface area (Å²) in [5, 5.41) is 17.8. The lowest BCUT2D eigenvalue weighted by atomic mass is 9.49. The van der Waals surface area contributed by atoms with Gasteiger partial charge in [-0.1, -0.05) is 31.1 Å². The van der Waals surface area contributed by atoms with Crippen molar-refractivity contribution in [2.75, 3.05) is 11.9 Å². The van der Waals surface area contributed by atoms with Crippen molar-refractivity contribution in [3.63, 3.8) is 0 Å². The number of anilines is 1. The number of aliphatic hydroxyl groups excluding tert-OH is 1. The van der Waals surface area contributed by atoms with Gasteiger partial charge in [0.05, 0.1) is 23.2 Å². The zero-order chi connectivity index (χ0) is 26.4. The molecule has 2 aromatic heterocycles. The van der Waals surface area contributed by atoms with Gasteiger partial charge in [0.15, 0.2) is 0 Å². The van der Waals surface area contributed by atoms with Crippen LogP contribution in [0.4, 0.5) is 5.69 Å². The van der Waals surface area contributed by atoms with E-state index in [0.717, 1.165) is 80.5 Å². The van der Waals surface area contributed by atoms with E-state index < -0.39 is 0 Å². The van der Waals surface area contributed by atoms with Crippen LogP contribution in [0.1, 0.15) is 101 Å². The Morgan fingerprint density at radius 3 is 2.36 bits per heavy atom. The van der Waals surface area contributed by atoms with E-state index in [4.69, 9.17) is 9.97 Å². The molecule has 208 valence electrons. The number of aliphatic hydroxyl groups is 1. The van der Waals surface area contributed by atoms with Crippen molar-refractivity contribution >= 4 is 11.8 Å². The lowest BCUT2D eigenvalue weighted by Crippen LogP contribution is -2.50. The summed E-state index contributed by atoms with van der Waals surface area (Å²) in [6, 6.07) is 4.82. The molecule has 2 aromatic rings. The summed E-state index contributed by atoms with van der Waals surface area (Å²) in [7, 11) is 0. The van der Waals surface area contributed by atoms with Gasteiger partial charge in [-0.15, -0.1) is 0 Å². The number of rotatable bonds is 9. The largest absolute Gasteiger partial charge is 0.393 e. The molecule has 0 unspecified atom stereocenters. The summed E-state index contributed by atoms with van der Waals surface area (Å²) in [6.07, 6.45) is 22.2. The van der Waals surface area contributed by atoms with Crippen molar-refractivity contribution in [3.05, 3.63) is 46.9 Å². The Hall–Kier alpha value is -2.24. The second-order valence-electron chi connectivity index (χ2n) is 13.9. The summed E-state index contributed by atoms with van der Waals surface area (Å²) < 4.78 is 0. The highest BCUT2D eigenvalue weighted by molar-refractivity contribution is 5.86. The normalized spacial score (nSPS) is 32.8. The van der Waals surface area contributed by atoms with Crippen molar-refractivity contribution < 1.29 is 5.11 Å². The molecule has 5 fully saturated rings. The second-order valence-corrected chi connectivity index (χ2v) is 13.9. The van der Waals surface area contributed by atoms with Gasteiger partial charge in [-0.25, -0.2) is 0 Å². The van der Waals surface area contributed by atoms with Crippen molar-refractivity contribution in [1.82, 2.24) is 15.3 Å². The van der Waals surface area contributed by atoms with Crippen molar-refractivity contribution in [3.8, 4) is 11.3 Å². The molecule has 6 aliphatic carbocycles. The molecule has 0 atom stereocenters. The molecule has 0 spiro atoms. The number of allylic oxidation sites excluding steroid dienone is 1. The molecule has 5 nitrogen and oxygen atoms in total. The van der Waals surface area contributed by atoms with Gasteiger partial charge in [-0.2, -0.15) is 0 Å². The molecule has 6 aliphatic rings. The first-order valence-corrected chi connectivity index (χ1v) is 15.9. The van der Waals surface area contributed by atoms with E-state index in [1.54, 1.807) is 0 Å². The Labute approximate surface area is 234 Å². The van der Waals surface area contributed by atoms with Gasteiger partial charge in [0.2, 0.25) is 0 Å². The Morgan fingerprint density at radius 1 is 0.949 bits per heavy atom. The van der Waals surface area contributed by atoms with Crippen LogP contribution in [0.15, 0.2) is 30.1 Å². The van der Waals surface area contributed by atoms with Crippen LogP contribution in [-0.4, -0.2) is 33.8 Å². The number of aromatic nitrogens is 2. The van der Waals surface area contributed by atoms with E-state index in [1.807, 2.05) is 6.20 Å². The van der Waals surface area contributed by atoms with E-state index in [1.165, 1.54) is 73.2 Å². The maximum Gasteiger partial charge on any atom is 0.0738 e. The highest BCUT2D eigenvalue weighted by atomic mass is 16.3. The van der Waals surface area contributed by atoms with Gasteiger partial charge in [-0.3, -0.25) is 9.97 Å². The fraction of sp³-hybridized carbons (Fsp3) is 0.647. The molecular weight excluding hydrogens is 480 g/mol. The lowest BCUT2D eigenvalue weighted by Gasteiger charge is -2.57. The van der Waals surface area contributed by atoms with Crippen LogP contribution in [0.25, 0.3) is 17.3 Å². The van der Waals surface area contributed by atoms with Gasteiger partial charge < -0.3 is 15.7 Å². The molecule has 4 bridgehead atoms. The van der Waals surface area contributed by atoms with Crippen LogP contribution in [-0.2, 0) is 13.0 Å². The molecule has 5 saturated carbocycles. The first kappa shape index (κ1) is 25.7. The highest BCUT2D eigenvalue weighted by Crippen LogP contribution is 2.59. The monoisotopic (exact) mass is 526 g/mol. The Morgan fingerprint density at radius 2 is 1.69 bits per heavy atom. The number of nitrogens with zero attached hydrogens (tertiary/aromatic N) is 2. The predicted octanol–water partition coefficient (Wildman–Crippen LogP) is 6.90. The first-order chi connectivity index (χ1) is 19.1. The molecular formula is C34H46N4O. The van der Waals surface area contributed by atoms with E-state index in [2.05, 4.69) is 42.0 Å². The predicted molar refractivity (Wildman–Crippen MR) is 158 cm³/mol. The summed E-state index contributed by atoms with van der Waals surface area (Å²) in [4.78, 5) is 9.87. The number of pyridine rings is 2. The topological polar surface area (TPSA) is 70.1 Å². The van der Waals surface area contributed by atoms with Crippen LogP contribution in [0.3, 0.4) is 0 Å². The Balaban J connectivity index is 1.07. The zero-order valence-electron chi connectivity index (χ0n) is 23.7.